The molecule has 4 rings (SSSR count). The van der Waals surface area contributed by atoms with Crippen LogP contribution >= 0.6 is 23.6 Å². The highest BCUT2D eigenvalue weighted by Crippen LogP contribution is 2.44. The number of nitrogens with one attached hydrogen (secondary N) is 2. The van der Waals surface area contributed by atoms with Crippen molar-refractivity contribution in [3.63, 3.8) is 0 Å². The number of hydrogen-bond acceptors (Lipinski definition) is 5. The maximum atomic E-state index is 11.8. The molecule has 0 saturated carbocycles. The van der Waals surface area contributed by atoms with Gasteiger partial charge in [-0.3, -0.25) is 9.78 Å². The molecule has 3 heterocycles. The fourth-order valence-corrected chi connectivity index (χ4v) is 4.75. The average Bonchev–Trinajstić information content (AvgIpc) is 3.42. The molecule has 1 aromatic carbocycles. The van der Waals surface area contributed by atoms with Gasteiger partial charge in [0.25, 0.3) is 0 Å². The normalized spacial score (nSPS) is 18.2. The van der Waals surface area contributed by atoms with Crippen molar-refractivity contribution < 1.29 is 9.53 Å². The lowest BCUT2D eigenvalue weighted by molar-refractivity contribution is -0.115. The molecule has 8 heteroatoms. The Labute approximate surface area is 184 Å². The number of methoxy groups -OCH3 is 1. The van der Waals surface area contributed by atoms with Crippen molar-refractivity contribution in [2.45, 2.75) is 25.4 Å². The second kappa shape index (κ2) is 8.81. The Morgan fingerprint density at radius 2 is 2.17 bits per heavy atom. The van der Waals surface area contributed by atoms with Crippen LogP contribution in [0.25, 0.3) is 0 Å². The fourth-order valence-electron chi connectivity index (χ4n) is 3.55. The minimum Gasteiger partial charge on any atom is -0.494 e. The Morgan fingerprint density at radius 1 is 1.30 bits per heavy atom. The van der Waals surface area contributed by atoms with Crippen LogP contribution < -0.4 is 20.3 Å². The monoisotopic (exact) mass is 438 g/mol. The summed E-state index contributed by atoms with van der Waals surface area (Å²) in [5, 5.41) is 9.00. The van der Waals surface area contributed by atoms with E-state index in [0.717, 1.165) is 11.4 Å². The maximum Gasteiger partial charge on any atom is 0.224 e. The zero-order chi connectivity index (χ0) is 21.1. The minimum atomic E-state index is -0.0807. The summed E-state index contributed by atoms with van der Waals surface area (Å²) in [4.78, 5) is 19.7. The summed E-state index contributed by atoms with van der Waals surface area (Å²) in [5.74, 6) is 0.523. The highest BCUT2D eigenvalue weighted by Gasteiger charge is 2.41. The van der Waals surface area contributed by atoms with Gasteiger partial charge in [-0.15, -0.1) is 11.3 Å². The lowest BCUT2D eigenvalue weighted by Crippen LogP contribution is -2.29. The van der Waals surface area contributed by atoms with Crippen LogP contribution in [-0.4, -0.2) is 23.1 Å². The molecule has 2 atom stereocenters. The Kier molecular flexibility index (Phi) is 5.96. The highest BCUT2D eigenvalue weighted by molar-refractivity contribution is 7.80. The van der Waals surface area contributed by atoms with Gasteiger partial charge in [-0.2, -0.15) is 0 Å². The predicted octanol–water partition coefficient (Wildman–Crippen LogP) is 4.68. The van der Waals surface area contributed by atoms with Gasteiger partial charge in [-0.1, -0.05) is 19.1 Å². The van der Waals surface area contributed by atoms with E-state index < -0.39 is 0 Å². The number of anilines is 2. The van der Waals surface area contributed by atoms with Crippen LogP contribution in [-0.2, 0) is 4.79 Å². The van der Waals surface area contributed by atoms with E-state index in [9.17, 15) is 4.79 Å². The van der Waals surface area contributed by atoms with E-state index in [2.05, 4.69) is 32.0 Å². The zero-order valence-electron chi connectivity index (χ0n) is 16.7. The van der Waals surface area contributed by atoms with Crippen molar-refractivity contribution in [1.82, 2.24) is 10.3 Å². The topological polar surface area (TPSA) is 66.5 Å². The largest absolute Gasteiger partial charge is 0.494 e. The molecule has 2 N–H and O–H groups in total. The molecular formula is C22H22N4O2S2. The molecule has 0 unspecified atom stereocenters. The molecule has 1 amide bonds. The summed E-state index contributed by atoms with van der Waals surface area (Å²) in [7, 11) is 1.59. The number of thiocarbonyl (C=S) groups is 1. The third-order valence-corrected chi connectivity index (χ3v) is 6.25. The first-order valence-corrected chi connectivity index (χ1v) is 10.9. The fraction of sp³-hybridized carbons (Fsp3) is 0.227. The molecule has 1 fully saturated rings. The highest BCUT2D eigenvalue weighted by atomic mass is 32.1. The van der Waals surface area contributed by atoms with Gasteiger partial charge in [0, 0.05) is 29.2 Å². The Hall–Kier alpha value is -2.97. The van der Waals surface area contributed by atoms with Gasteiger partial charge in [0.15, 0.2) is 5.11 Å². The van der Waals surface area contributed by atoms with Crippen molar-refractivity contribution in [3.05, 3.63) is 70.7 Å². The molecule has 154 valence electrons. The van der Waals surface area contributed by atoms with Gasteiger partial charge in [-0.05, 0) is 47.9 Å². The van der Waals surface area contributed by atoms with Gasteiger partial charge in [0.05, 0.1) is 30.6 Å². The minimum absolute atomic E-state index is 0.0480. The van der Waals surface area contributed by atoms with Gasteiger partial charge < -0.3 is 20.3 Å². The van der Waals surface area contributed by atoms with Crippen molar-refractivity contribution in [2.24, 2.45) is 0 Å². The number of rotatable bonds is 6. The zero-order valence-corrected chi connectivity index (χ0v) is 18.3. The quantitative estimate of drug-likeness (QED) is 0.545. The van der Waals surface area contributed by atoms with Gasteiger partial charge >= 0.3 is 0 Å². The third-order valence-electron chi connectivity index (χ3n) is 4.99. The Bertz CT molecular complexity index is 1040. The molecule has 0 bridgehead atoms. The number of carbonyl (C=O) groups is 1. The number of benzene rings is 1. The van der Waals surface area contributed by atoms with Gasteiger partial charge in [-0.25, -0.2) is 0 Å². The van der Waals surface area contributed by atoms with Gasteiger partial charge in [0.2, 0.25) is 5.91 Å². The first kappa shape index (κ1) is 20.3. The molecule has 6 nitrogen and oxygen atoms in total. The summed E-state index contributed by atoms with van der Waals surface area (Å²) in [6, 6.07) is 15.6. The van der Waals surface area contributed by atoms with E-state index in [1.807, 2.05) is 49.4 Å². The van der Waals surface area contributed by atoms with E-state index in [1.165, 1.54) is 4.88 Å². The van der Waals surface area contributed by atoms with Crippen molar-refractivity contribution >= 4 is 45.9 Å². The number of aromatic nitrogens is 1. The first-order chi connectivity index (χ1) is 14.6. The molecule has 1 aliphatic rings. The van der Waals surface area contributed by atoms with E-state index in [-0.39, 0.29) is 18.0 Å². The van der Waals surface area contributed by atoms with Crippen LogP contribution in [0, 0.1) is 0 Å². The lowest BCUT2D eigenvalue weighted by atomic mass is 10.0. The van der Waals surface area contributed by atoms with Crippen LogP contribution in [0.2, 0.25) is 0 Å². The summed E-state index contributed by atoms with van der Waals surface area (Å²) in [5.41, 5.74) is 2.45. The second-order valence-electron chi connectivity index (χ2n) is 6.80. The number of pyridine rings is 1. The third kappa shape index (κ3) is 3.88. The van der Waals surface area contributed by atoms with E-state index >= 15 is 0 Å². The molecule has 2 aromatic heterocycles. The summed E-state index contributed by atoms with van der Waals surface area (Å²) in [6.07, 6.45) is 2.19. The number of thiophene rings is 1. The van der Waals surface area contributed by atoms with E-state index in [1.54, 1.807) is 24.6 Å². The van der Waals surface area contributed by atoms with Crippen LogP contribution in [0.5, 0.6) is 5.75 Å². The summed E-state index contributed by atoms with van der Waals surface area (Å²) in [6.45, 7) is 1.81. The van der Waals surface area contributed by atoms with Crippen LogP contribution in [0.4, 0.5) is 11.4 Å². The van der Waals surface area contributed by atoms with E-state index in [0.29, 0.717) is 23.0 Å². The summed E-state index contributed by atoms with van der Waals surface area (Å²) < 4.78 is 5.55. The number of carbonyl (C=O) groups excluding carboxylic acids is 1. The van der Waals surface area contributed by atoms with Crippen LogP contribution in [0.1, 0.15) is 36.0 Å². The smallest absolute Gasteiger partial charge is 0.224 e. The van der Waals surface area contributed by atoms with Crippen LogP contribution in [0.15, 0.2) is 60.1 Å². The maximum absolute atomic E-state index is 11.8. The molecule has 0 spiro atoms. The van der Waals surface area contributed by atoms with Gasteiger partial charge in [0.1, 0.15) is 5.75 Å². The lowest BCUT2D eigenvalue weighted by Gasteiger charge is -2.27. The predicted molar refractivity (Wildman–Crippen MR) is 124 cm³/mol. The standard InChI is InChI=1S/C22H22N4O2S2/c1-3-19(27)24-15-10-9-14(13-17(15)28-2)26-21(18-8-6-12-30-18)20(25-22(26)29)16-7-4-5-11-23-16/h4-13,20-21H,3H2,1-2H3,(H,24,27)(H,25,29)/t20-,21+/m0/s1. The molecule has 1 saturated heterocycles. The molecular weight excluding hydrogens is 416 g/mol. The molecule has 3 aromatic rings. The Morgan fingerprint density at radius 3 is 2.83 bits per heavy atom. The number of ether oxygens (including phenoxy) is 1. The molecule has 1 aliphatic heterocycles. The van der Waals surface area contributed by atoms with Crippen molar-refractivity contribution in [3.8, 4) is 5.75 Å². The average molecular weight is 439 g/mol. The van der Waals surface area contributed by atoms with Crippen molar-refractivity contribution in [2.75, 3.05) is 17.3 Å². The number of amides is 1. The number of hydrogen-bond donors (Lipinski definition) is 2. The SMILES string of the molecule is CCC(=O)Nc1ccc(N2C(=S)N[C@@H](c3ccccn3)[C@H]2c2cccs2)cc1OC. The molecule has 30 heavy (non-hydrogen) atoms. The van der Waals surface area contributed by atoms with Crippen molar-refractivity contribution in [1.29, 1.82) is 0 Å². The van der Waals surface area contributed by atoms with Crippen LogP contribution in [0.3, 0.4) is 0 Å². The summed E-state index contributed by atoms with van der Waals surface area (Å²) >= 11 is 7.42. The van der Waals surface area contributed by atoms with E-state index in [4.69, 9.17) is 17.0 Å². The Balaban J connectivity index is 1.75. The molecule has 0 aliphatic carbocycles. The second-order valence-corrected chi connectivity index (χ2v) is 8.16. The number of nitrogens with zero attached hydrogens (tertiary/aromatic N) is 2. The first-order valence-electron chi connectivity index (χ1n) is 9.64. The molecule has 0 radical (unpaired) electrons.